The van der Waals surface area contributed by atoms with Gasteiger partial charge in [-0.05, 0) is 40.3 Å². The van der Waals surface area contributed by atoms with Crippen LogP contribution in [0.4, 0.5) is 11.5 Å². The molecule has 10 nitrogen and oxygen atoms in total. The van der Waals surface area contributed by atoms with Crippen LogP contribution in [-0.4, -0.2) is 59.7 Å². The molecule has 1 aliphatic rings. The van der Waals surface area contributed by atoms with Crippen molar-refractivity contribution in [1.29, 1.82) is 0 Å². The Labute approximate surface area is 174 Å². The zero-order valence-corrected chi connectivity index (χ0v) is 16.6. The first-order chi connectivity index (χ1) is 13.9. The molecule has 1 aromatic carbocycles. The molecule has 5 atom stereocenters. The molecule has 6 N–H and O–H groups in total. The Morgan fingerprint density at radius 2 is 2.11 bits per heavy atom. The molecular formula is C17H19IN6O4. The number of benzene rings is 1. The second-order valence-corrected chi connectivity index (χ2v) is 7.54. The molecule has 0 bridgehead atoms. The van der Waals surface area contributed by atoms with Crippen LogP contribution >= 0.6 is 22.6 Å². The summed E-state index contributed by atoms with van der Waals surface area (Å²) in [5.74, 6) is 0.491. The van der Waals surface area contributed by atoms with Crippen molar-refractivity contribution in [3.05, 3.63) is 40.0 Å². The van der Waals surface area contributed by atoms with Crippen LogP contribution in [0, 0.1) is 3.57 Å². The number of hydrogen-bond donors (Lipinski definition) is 5. The number of hydrogen-bond acceptors (Lipinski definition) is 9. The summed E-state index contributed by atoms with van der Waals surface area (Å²) in [5, 5.41) is 33.0. The van der Waals surface area contributed by atoms with E-state index in [2.05, 4.69) is 42.9 Å². The lowest BCUT2D eigenvalue weighted by Crippen LogP contribution is -2.33. The normalized spacial score (nSPS) is 26.4. The number of imidazole rings is 1. The molecule has 11 heteroatoms. The van der Waals surface area contributed by atoms with Gasteiger partial charge in [0.2, 0.25) is 0 Å². The van der Waals surface area contributed by atoms with Gasteiger partial charge < -0.3 is 31.1 Å². The molecule has 1 aliphatic heterocycles. The lowest BCUT2D eigenvalue weighted by Gasteiger charge is -2.16. The van der Waals surface area contributed by atoms with Crippen LogP contribution in [0.15, 0.2) is 30.9 Å². The Morgan fingerprint density at radius 3 is 2.82 bits per heavy atom. The summed E-state index contributed by atoms with van der Waals surface area (Å²) in [6, 6.07) is 5.72. The number of nitrogens with two attached hydrogens (primary N) is 1. The Hall–Kier alpha value is -2.06. The molecule has 28 heavy (non-hydrogen) atoms. The van der Waals surface area contributed by atoms with Crippen LogP contribution in [0.1, 0.15) is 13.2 Å². The maximum atomic E-state index is 10.3. The van der Waals surface area contributed by atoms with Crippen molar-refractivity contribution in [2.24, 2.45) is 0 Å². The van der Waals surface area contributed by atoms with Gasteiger partial charge in [0.05, 0.1) is 14.3 Å². The third-order valence-electron chi connectivity index (χ3n) is 4.58. The van der Waals surface area contributed by atoms with Crippen LogP contribution in [0.2, 0.25) is 0 Å². The predicted molar refractivity (Wildman–Crippen MR) is 109 cm³/mol. The molecule has 148 valence electrons. The highest BCUT2D eigenvalue weighted by atomic mass is 125. The van der Waals surface area contributed by atoms with Gasteiger partial charge in [0.1, 0.15) is 24.6 Å². The van der Waals surface area contributed by atoms with Gasteiger partial charge in [-0.2, -0.15) is 0 Å². The van der Waals surface area contributed by atoms with Gasteiger partial charge in [0, 0.05) is 15.8 Å². The summed E-state index contributed by atoms with van der Waals surface area (Å²) in [4.78, 5) is 12.7. The fourth-order valence-corrected chi connectivity index (χ4v) is 3.65. The third-order valence-corrected chi connectivity index (χ3v) is 5.51. The molecule has 0 radical (unpaired) electrons. The molecule has 0 saturated carbocycles. The van der Waals surface area contributed by atoms with Crippen molar-refractivity contribution in [3.63, 3.8) is 0 Å². The zero-order valence-electron chi connectivity index (χ0n) is 15.5. The first-order valence-corrected chi connectivity index (χ1v) is 9.52. The number of aromatic nitrogens is 4. The van der Waals surface area contributed by atoms with Crippen molar-refractivity contribution in [2.45, 2.75) is 31.1 Å². The third kappa shape index (κ3) is 3.39. The van der Waals surface area contributed by atoms with E-state index in [0.29, 0.717) is 29.2 Å². The molecule has 1 fully saturated rings. The summed E-state index contributed by atoms with van der Waals surface area (Å²) >= 11 is 2.17. The van der Waals surface area contributed by atoms with Crippen molar-refractivity contribution < 1.29 is 21.4 Å². The van der Waals surface area contributed by atoms with E-state index < -0.39 is 31.1 Å². The fourth-order valence-electron chi connectivity index (χ4n) is 3.07. The van der Waals surface area contributed by atoms with Crippen LogP contribution in [-0.2, 0) is 11.3 Å². The average Bonchev–Trinajstić information content (AvgIpc) is 3.25. The molecule has 1 unspecified atom stereocenters. The molecule has 3 aromatic rings. The highest BCUT2D eigenvalue weighted by molar-refractivity contribution is 14.1. The van der Waals surface area contributed by atoms with Gasteiger partial charge in [-0.1, -0.05) is 6.07 Å². The number of fused-ring (bicyclic) bond motifs is 1. The van der Waals surface area contributed by atoms with Crippen molar-refractivity contribution in [3.8, 4) is 0 Å². The summed E-state index contributed by atoms with van der Waals surface area (Å²) in [5.41, 5.74) is 8.41. The predicted octanol–water partition coefficient (Wildman–Crippen LogP) is 0.237. The highest BCUT2D eigenvalue weighted by Gasteiger charge is 2.44. The molecule has 0 amide bonds. The fraction of sp³-hybridized carbons (Fsp3) is 0.353. The number of halogens is 1. The van der Waals surface area contributed by atoms with E-state index in [1.807, 2.05) is 18.2 Å². The Balaban J connectivity index is 1.59. The molecule has 4 rings (SSSR count). The van der Waals surface area contributed by atoms with E-state index in [1.54, 1.807) is 0 Å². The summed E-state index contributed by atoms with van der Waals surface area (Å²) in [6.07, 6.45) is -2.26. The minimum Gasteiger partial charge on any atom is -0.398 e. The monoisotopic (exact) mass is 497 g/mol. The van der Waals surface area contributed by atoms with Gasteiger partial charge >= 0.3 is 0 Å². The molecule has 3 heterocycles. The smallest absolute Gasteiger partial charge is 0.167 e. The topological polar surface area (TPSA) is 152 Å². The van der Waals surface area contributed by atoms with Crippen LogP contribution in [0.25, 0.3) is 11.2 Å². The number of ether oxygens (including phenoxy) is 1. The van der Waals surface area contributed by atoms with E-state index in [0.717, 1.165) is 9.13 Å². The summed E-state index contributed by atoms with van der Waals surface area (Å²) in [6.45, 7) is -1.20. The van der Waals surface area contributed by atoms with Gasteiger partial charge in [-0.3, -0.25) is 4.57 Å². The Bertz CT molecular complexity index is 1030. The number of nitrogens with zero attached hydrogens (tertiary/aromatic N) is 4. The standard InChI is InChI=1S/C17H19IN6O4/c18-9-3-8(1-2-10(9)19)4-20-15-12-16(22-6-21-15)24(7-23-12)17-14(27)13(26)11(5-25)28-17/h1-3,6-7,11,13-14,17,25-27H,4-5,19H2,(H,20,21,22)/t11-,13-,14-,17-/m1/s1/i5D,18-2/t5?,11-,13-,14-,17-. The minimum absolute atomic E-state index is 0.380. The number of rotatable bonds is 5. The molecule has 0 aliphatic carbocycles. The van der Waals surface area contributed by atoms with Crippen LogP contribution in [0.3, 0.4) is 0 Å². The largest absolute Gasteiger partial charge is 0.398 e. The van der Waals surface area contributed by atoms with Crippen LogP contribution in [0.5, 0.6) is 0 Å². The second kappa shape index (κ2) is 7.75. The Morgan fingerprint density at radius 1 is 1.29 bits per heavy atom. The SMILES string of the molecule is [2H]C(O)[C@H]1O[C@@H](n2cnc3c(NCc4ccc(N)c([125I])c4)ncnc32)[C@H](O)[C@@H]1O. The first kappa shape index (κ1) is 18.0. The quantitative estimate of drug-likeness (QED) is 0.247. The van der Waals surface area contributed by atoms with Crippen molar-refractivity contribution >= 4 is 45.3 Å². The van der Waals surface area contributed by atoms with E-state index in [9.17, 15) is 15.3 Å². The van der Waals surface area contributed by atoms with E-state index in [1.165, 1.54) is 17.2 Å². The molecule has 1 saturated heterocycles. The lowest BCUT2D eigenvalue weighted by atomic mass is 10.1. The van der Waals surface area contributed by atoms with Crippen molar-refractivity contribution in [1.82, 2.24) is 19.5 Å². The molecule has 2 aromatic heterocycles. The first-order valence-electron chi connectivity index (χ1n) is 9.01. The zero-order chi connectivity index (χ0) is 20.7. The number of nitrogens with one attached hydrogen (secondary N) is 1. The number of nitrogen functional groups attached to an aromatic ring is 1. The van der Waals surface area contributed by atoms with Gasteiger partial charge in [-0.25, -0.2) is 15.0 Å². The van der Waals surface area contributed by atoms with Crippen molar-refractivity contribution in [2.75, 3.05) is 17.6 Å². The lowest BCUT2D eigenvalue weighted by molar-refractivity contribution is -0.0511. The van der Waals surface area contributed by atoms with Gasteiger partial charge in [0.15, 0.2) is 23.2 Å². The van der Waals surface area contributed by atoms with E-state index >= 15 is 0 Å². The second-order valence-electron chi connectivity index (χ2n) is 6.38. The number of anilines is 2. The van der Waals surface area contributed by atoms with Crippen LogP contribution < -0.4 is 11.1 Å². The summed E-state index contributed by atoms with van der Waals surface area (Å²) < 4.78 is 15.3. The number of aliphatic hydroxyl groups is 3. The summed E-state index contributed by atoms with van der Waals surface area (Å²) in [7, 11) is 0. The van der Waals surface area contributed by atoms with Gasteiger partial charge in [0.25, 0.3) is 0 Å². The molecular weight excluding hydrogens is 477 g/mol. The highest BCUT2D eigenvalue weighted by Crippen LogP contribution is 2.32. The minimum atomic E-state index is -1.69. The number of aliphatic hydroxyl groups excluding tert-OH is 3. The maximum Gasteiger partial charge on any atom is 0.167 e. The van der Waals surface area contributed by atoms with E-state index in [4.69, 9.17) is 11.8 Å². The van der Waals surface area contributed by atoms with E-state index in [-0.39, 0.29) is 0 Å². The Kier molecular flexibility index (Phi) is 4.98. The average molecular weight is 497 g/mol. The van der Waals surface area contributed by atoms with Gasteiger partial charge in [-0.15, -0.1) is 0 Å². The molecule has 0 spiro atoms. The maximum absolute atomic E-state index is 10.3.